The molecule has 2 aromatic rings. The highest BCUT2D eigenvalue weighted by atomic mass is 35.5. The lowest BCUT2D eigenvalue weighted by Crippen LogP contribution is -1.89. The summed E-state index contributed by atoms with van der Waals surface area (Å²) in [6.45, 7) is 3.59. The summed E-state index contributed by atoms with van der Waals surface area (Å²) in [4.78, 5) is 10.5. The van der Waals surface area contributed by atoms with Gasteiger partial charge in [0.2, 0.25) is 0 Å². The minimum absolute atomic E-state index is 0.0852. The lowest BCUT2D eigenvalue weighted by molar-refractivity contribution is -0.384. The van der Waals surface area contributed by atoms with Gasteiger partial charge in [-0.1, -0.05) is 17.7 Å². The highest BCUT2D eigenvalue weighted by molar-refractivity contribution is 6.33. The normalized spacial score (nSPS) is 11.0. The van der Waals surface area contributed by atoms with Gasteiger partial charge in [-0.2, -0.15) is 0 Å². The number of azo groups is 1. The number of nitro groups is 1. The van der Waals surface area contributed by atoms with Gasteiger partial charge in [0, 0.05) is 6.07 Å². The molecule has 0 spiro atoms. The first kappa shape index (κ1) is 14.9. The van der Waals surface area contributed by atoms with Crippen molar-refractivity contribution in [3.63, 3.8) is 0 Å². The van der Waals surface area contributed by atoms with Crippen molar-refractivity contribution in [3.8, 4) is 0 Å². The zero-order valence-electron chi connectivity index (χ0n) is 11.5. The third-order valence-corrected chi connectivity index (χ3v) is 3.24. The van der Waals surface area contributed by atoms with Gasteiger partial charge in [0.25, 0.3) is 5.69 Å². The Labute approximate surface area is 126 Å². The summed E-state index contributed by atoms with van der Waals surface area (Å²) >= 11 is 5.94. The van der Waals surface area contributed by atoms with E-state index in [-0.39, 0.29) is 11.4 Å². The molecular weight excluding hydrogens is 292 g/mol. The highest BCUT2D eigenvalue weighted by Gasteiger charge is 2.13. The number of nitrogen functional groups attached to an aromatic ring is 1. The van der Waals surface area contributed by atoms with Crippen LogP contribution in [0.15, 0.2) is 40.6 Å². The molecule has 7 heteroatoms. The predicted molar refractivity (Wildman–Crippen MR) is 82.6 cm³/mol. The number of nitrogens with zero attached hydrogens (tertiary/aromatic N) is 3. The van der Waals surface area contributed by atoms with Crippen LogP contribution in [0.5, 0.6) is 0 Å². The first-order chi connectivity index (χ1) is 9.88. The first-order valence-corrected chi connectivity index (χ1v) is 6.48. The Bertz CT molecular complexity index is 744. The summed E-state index contributed by atoms with van der Waals surface area (Å²) in [5.74, 6) is 0. The maximum Gasteiger partial charge on any atom is 0.296 e. The number of benzene rings is 2. The van der Waals surface area contributed by atoms with Gasteiger partial charge in [0.15, 0.2) is 5.69 Å². The van der Waals surface area contributed by atoms with E-state index in [0.29, 0.717) is 16.4 Å². The number of aryl methyl sites for hydroxylation is 2. The van der Waals surface area contributed by atoms with E-state index < -0.39 is 4.92 Å². The number of anilines is 1. The first-order valence-electron chi connectivity index (χ1n) is 6.11. The molecule has 0 heterocycles. The Balaban J connectivity index is 2.43. The van der Waals surface area contributed by atoms with Crippen molar-refractivity contribution in [2.75, 3.05) is 5.73 Å². The van der Waals surface area contributed by atoms with E-state index in [1.165, 1.54) is 6.07 Å². The standard InChI is InChI=1S/C14H13ClN4O2/c1-8-3-4-12(14(5-8)19(20)21)17-18-13-7-10(15)11(16)6-9(13)2/h3-7H,16H2,1-2H3. The van der Waals surface area contributed by atoms with Crippen molar-refractivity contribution in [1.29, 1.82) is 0 Å². The van der Waals surface area contributed by atoms with Crippen LogP contribution in [0.4, 0.5) is 22.7 Å². The molecule has 0 saturated heterocycles. The molecule has 21 heavy (non-hydrogen) atoms. The van der Waals surface area contributed by atoms with E-state index in [2.05, 4.69) is 10.2 Å². The fourth-order valence-corrected chi connectivity index (χ4v) is 1.93. The number of nitro benzene ring substituents is 1. The lowest BCUT2D eigenvalue weighted by atomic mass is 10.2. The second kappa shape index (κ2) is 5.88. The Morgan fingerprint density at radius 2 is 1.81 bits per heavy atom. The lowest BCUT2D eigenvalue weighted by Gasteiger charge is -2.03. The molecule has 108 valence electrons. The summed E-state index contributed by atoms with van der Waals surface area (Å²) in [7, 11) is 0. The highest BCUT2D eigenvalue weighted by Crippen LogP contribution is 2.33. The van der Waals surface area contributed by atoms with E-state index in [0.717, 1.165) is 11.1 Å². The van der Waals surface area contributed by atoms with Crippen molar-refractivity contribution in [2.24, 2.45) is 10.2 Å². The van der Waals surface area contributed by atoms with Crippen LogP contribution in [0.3, 0.4) is 0 Å². The average Bonchev–Trinajstić information content (AvgIpc) is 2.42. The summed E-state index contributed by atoms with van der Waals surface area (Å²) in [6.07, 6.45) is 0. The molecule has 2 rings (SSSR count). The van der Waals surface area contributed by atoms with Crippen LogP contribution in [0, 0.1) is 24.0 Å². The van der Waals surface area contributed by atoms with Gasteiger partial charge in [0.05, 0.1) is 21.3 Å². The predicted octanol–water partition coefficient (Wildman–Crippen LogP) is 4.86. The quantitative estimate of drug-likeness (QED) is 0.379. The molecule has 0 aliphatic carbocycles. The monoisotopic (exact) mass is 304 g/mol. The van der Waals surface area contributed by atoms with Crippen molar-refractivity contribution in [3.05, 3.63) is 56.6 Å². The topological polar surface area (TPSA) is 93.9 Å². The Morgan fingerprint density at radius 1 is 1.14 bits per heavy atom. The van der Waals surface area contributed by atoms with E-state index in [9.17, 15) is 10.1 Å². The molecule has 0 atom stereocenters. The minimum atomic E-state index is -0.482. The van der Waals surface area contributed by atoms with Gasteiger partial charge in [-0.15, -0.1) is 10.2 Å². The van der Waals surface area contributed by atoms with E-state index in [1.807, 2.05) is 6.92 Å². The molecule has 2 aromatic carbocycles. The fraction of sp³-hybridized carbons (Fsp3) is 0.143. The van der Waals surface area contributed by atoms with Crippen molar-refractivity contribution < 1.29 is 4.92 Å². The van der Waals surface area contributed by atoms with E-state index >= 15 is 0 Å². The SMILES string of the molecule is Cc1ccc(N=Nc2cc(Cl)c(N)cc2C)c([N+](=O)[O-])c1. The summed E-state index contributed by atoms with van der Waals surface area (Å²) in [5.41, 5.74) is 8.33. The number of hydrogen-bond donors (Lipinski definition) is 1. The third-order valence-electron chi connectivity index (χ3n) is 2.91. The Kier molecular flexibility index (Phi) is 4.18. The molecular formula is C14H13ClN4O2. The second-order valence-electron chi connectivity index (χ2n) is 4.61. The molecule has 0 amide bonds. The van der Waals surface area contributed by atoms with Gasteiger partial charge in [0.1, 0.15) is 0 Å². The summed E-state index contributed by atoms with van der Waals surface area (Å²) in [5, 5.41) is 19.4. The Hall–Kier alpha value is -2.47. The van der Waals surface area contributed by atoms with E-state index in [1.54, 1.807) is 31.2 Å². The summed E-state index contributed by atoms with van der Waals surface area (Å²) < 4.78 is 0. The molecule has 0 saturated carbocycles. The van der Waals surface area contributed by atoms with Gasteiger partial charge in [-0.05, 0) is 43.2 Å². The molecule has 0 aliphatic heterocycles. The minimum Gasteiger partial charge on any atom is -0.398 e. The number of nitrogens with two attached hydrogens (primary N) is 1. The van der Waals surface area contributed by atoms with Gasteiger partial charge < -0.3 is 5.73 Å². The fourth-order valence-electron chi connectivity index (χ4n) is 1.77. The van der Waals surface area contributed by atoms with Crippen LogP contribution < -0.4 is 5.73 Å². The number of rotatable bonds is 3. The van der Waals surface area contributed by atoms with E-state index in [4.69, 9.17) is 17.3 Å². The van der Waals surface area contributed by atoms with Crippen molar-refractivity contribution in [1.82, 2.24) is 0 Å². The van der Waals surface area contributed by atoms with Crippen LogP contribution in [0.25, 0.3) is 0 Å². The molecule has 0 aliphatic rings. The van der Waals surface area contributed by atoms with Crippen molar-refractivity contribution >= 4 is 34.4 Å². The largest absolute Gasteiger partial charge is 0.398 e. The molecule has 6 nitrogen and oxygen atoms in total. The summed E-state index contributed by atoms with van der Waals surface area (Å²) in [6, 6.07) is 8.02. The average molecular weight is 305 g/mol. The maximum absolute atomic E-state index is 11.0. The smallest absolute Gasteiger partial charge is 0.296 e. The second-order valence-corrected chi connectivity index (χ2v) is 5.02. The molecule has 0 bridgehead atoms. The number of hydrogen-bond acceptors (Lipinski definition) is 5. The zero-order chi connectivity index (χ0) is 15.6. The van der Waals surface area contributed by atoms with Crippen LogP contribution >= 0.6 is 11.6 Å². The molecule has 2 N–H and O–H groups in total. The Morgan fingerprint density at radius 3 is 2.48 bits per heavy atom. The maximum atomic E-state index is 11.0. The molecule has 0 unspecified atom stereocenters. The van der Waals surface area contributed by atoms with Crippen molar-refractivity contribution in [2.45, 2.75) is 13.8 Å². The van der Waals surface area contributed by atoms with Gasteiger partial charge >= 0.3 is 0 Å². The number of halogens is 1. The van der Waals surface area contributed by atoms with Crippen LogP contribution in [-0.2, 0) is 0 Å². The molecule has 0 radical (unpaired) electrons. The van der Waals surface area contributed by atoms with Crippen LogP contribution in [0.1, 0.15) is 11.1 Å². The van der Waals surface area contributed by atoms with Gasteiger partial charge in [-0.25, -0.2) is 0 Å². The molecule has 0 aromatic heterocycles. The van der Waals surface area contributed by atoms with Crippen LogP contribution in [-0.4, -0.2) is 4.92 Å². The zero-order valence-corrected chi connectivity index (χ0v) is 12.3. The third kappa shape index (κ3) is 3.35. The van der Waals surface area contributed by atoms with Gasteiger partial charge in [-0.3, -0.25) is 10.1 Å². The molecule has 0 fully saturated rings. The van der Waals surface area contributed by atoms with Crippen LogP contribution in [0.2, 0.25) is 5.02 Å².